The number of nitrogens with two attached hydrogens (primary N) is 1. The molecule has 0 spiro atoms. The average Bonchev–Trinajstić information content (AvgIpc) is 2.69. The lowest BCUT2D eigenvalue weighted by atomic mass is 10.2. The van der Waals surface area contributed by atoms with Crippen LogP contribution >= 0.6 is 0 Å². The van der Waals surface area contributed by atoms with Crippen molar-refractivity contribution in [2.24, 2.45) is 5.73 Å². The van der Waals surface area contributed by atoms with Gasteiger partial charge in [-0.25, -0.2) is 0 Å². The van der Waals surface area contributed by atoms with Crippen molar-refractivity contribution in [1.29, 1.82) is 5.41 Å². The molecule has 4 nitrogen and oxygen atoms in total. The normalized spacial score (nSPS) is 10.6. The summed E-state index contributed by atoms with van der Waals surface area (Å²) in [5, 5.41) is 8.39. The van der Waals surface area contributed by atoms with E-state index in [4.69, 9.17) is 15.9 Å². The van der Waals surface area contributed by atoms with Crippen LogP contribution in [0.5, 0.6) is 5.75 Å². The fraction of sp³-hybridized carbons (Fsp3) is 0.308. The second-order valence-electron chi connectivity index (χ2n) is 3.94. The Kier molecular flexibility index (Phi) is 3.32. The van der Waals surface area contributed by atoms with Gasteiger partial charge in [0.2, 0.25) is 0 Å². The SMILES string of the molecule is CCOc1ccc2c(ccn2CCC(=N)N)c1. The summed E-state index contributed by atoms with van der Waals surface area (Å²) in [5.41, 5.74) is 6.51. The molecule has 0 bridgehead atoms. The van der Waals surface area contributed by atoms with Gasteiger partial charge in [-0.3, -0.25) is 5.41 Å². The summed E-state index contributed by atoms with van der Waals surface area (Å²) in [4.78, 5) is 0. The van der Waals surface area contributed by atoms with E-state index < -0.39 is 0 Å². The van der Waals surface area contributed by atoms with Crippen LogP contribution in [0, 0.1) is 5.41 Å². The standard InChI is InChI=1S/C13H17N3O/c1-2-17-11-3-4-12-10(9-11)5-7-16(12)8-6-13(14)15/h3-5,7,9H,2,6,8H2,1H3,(H3,14,15). The summed E-state index contributed by atoms with van der Waals surface area (Å²) >= 11 is 0. The first kappa shape index (κ1) is 11.5. The van der Waals surface area contributed by atoms with Gasteiger partial charge in [0, 0.05) is 30.1 Å². The highest BCUT2D eigenvalue weighted by Gasteiger charge is 2.03. The summed E-state index contributed by atoms with van der Waals surface area (Å²) in [6.45, 7) is 3.39. The zero-order chi connectivity index (χ0) is 12.3. The van der Waals surface area contributed by atoms with Crippen molar-refractivity contribution in [3.8, 4) is 5.75 Å². The maximum Gasteiger partial charge on any atom is 0.120 e. The van der Waals surface area contributed by atoms with Gasteiger partial charge in [-0.05, 0) is 31.2 Å². The Labute approximate surface area is 100 Å². The smallest absolute Gasteiger partial charge is 0.120 e. The van der Waals surface area contributed by atoms with E-state index in [1.807, 2.05) is 31.3 Å². The van der Waals surface area contributed by atoms with Crippen LogP contribution in [-0.2, 0) is 6.54 Å². The van der Waals surface area contributed by atoms with Crippen molar-refractivity contribution in [2.45, 2.75) is 19.9 Å². The fourth-order valence-electron chi connectivity index (χ4n) is 1.87. The number of hydrogen-bond acceptors (Lipinski definition) is 2. The fourth-order valence-corrected chi connectivity index (χ4v) is 1.87. The molecule has 1 heterocycles. The first-order chi connectivity index (χ1) is 8.20. The third-order valence-electron chi connectivity index (χ3n) is 2.68. The Balaban J connectivity index is 2.25. The molecule has 3 N–H and O–H groups in total. The molecule has 0 unspecified atom stereocenters. The molecule has 4 heteroatoms. The first-order valence-electron chi connectivity index (χ1n) is 5.75. The largest absolute Gasteiger partial charge is 0.494 e. The van der Waals surface area contributed by atoms with Gasteiger partial charge in [-0.15, -0.1) is 0 Å². The van der Waals surface area contributed by atoms with E-state index in [0.29, 0.717) is 13.0 Å². The quantitative estimate of drug-likeness (QED) is 0.613. The Hall–Kier alpha value is -1.97. The number of aromatic nitrogens is 1. The van der Waals surface area contributed by atoms with Gasteiger partial charge in [0.1, 0.15) is 5.75 Å². The van der Waals surface area contributed by atoms with Gasteiger partial charge in [0.05, 0.1) is 12.4 Å². The number of aryl methyl sites for hydroxylation is 1. The topological polar surface area (TPSA) is 64.0 Å². The van der Waals surface area contributed by atoms with Crippen molar-refractivity contribution >= 4 is 16.7 Å². The number of nitrogens with zero attached hydrogens (tertiary/aromatic N) is 1. The zero-order valence-corrected chi connectivity index (χ0v) is 9.94. The van der Waals surface area contributed by atoms with Crippen LogP contribution in [-0.4, -0.2) is 17.0 Å². The maximum atomic E-state index is 7.24. The van der Waals surface area contributed by atoms with Crippen LogP contribution in [0.1, 0.15) is 13.3 Å². The van der Waals surface area contributed by atoms with Crippen LogP contribution in [0.4, 0.5) is 0 Å². The molecule has 0 saturated heterocycles. The minimum absolute atomic E-state index is 0.220. The van der Waals surface area contributed by atoms with Crippen LogP contribution in [0.3, 0.4) is 0 Å². The summed E-state index contributed by atoms with van der Waals surface area (Å²) in [6.07, 6.45) is 2.60. The molecule has 0 aliphatic heterocycles. The number of rotatable bonds is 5. The van der Waals surface area contributed by atoms with E-state index in [9.17, 15) is 0 Å². The van der Waals surface area contributed by atoms with E-state index in [1.54, 1.807) is 0 Å². The predicted molar refractivity (Wildman–Crippen MR) is 69.6 cm³/mol. The van der Waals surface area contributed by atoms with Gasteiger partial charge in [-0.2, -0.15) is 0 Å². The second kappa shape index (κ2) is 4.91. The van der Waals surface area contributed by atoms with E-state index >= 15 is 0 Å². The van der Waals surface area contributed by atoms with Crippen LogP contribution in [0.15, 0.2) is 30.5 Å². The number of nitrogens with one attached hydrogen (secondary N) is 1. The average molecular weight is 231 g/mol. The van der Waals surface area contributed by atoms with Crippen LogP contribution in [0.2, 0.25) is 0 Å². The van der Waals surface area contributed by atoms with Crippen molar-refractivity contribution in [2.75, 3.05) is 6.61 Å². The lowest BCUT2D eigenvalue weighted by Gasteiger charge is -2.06. The lowest BCUT2D eigenvalue weighted by molar-refractivity contribution is 0.340. The number of benzene rings is 1. The molecule has 2 aromatic rings. The molecule has 17 heavy (non-hydrogen) atoms. The highest BCUT2D eigenvalue weighted by molar-refractivity contribution is 5.82. The van der Waals surface area contributed by atoms with Gasteiger partial charge in [0.25, 0.3) is 0 Å². The van der Waals surface area contributed by atoms with Crippen molar-refractivity contribution in [3.05, 3.63) is 30.5 Å². The Morgan fingerprint density at radius 3 is 2.94 bits per heavy atom. The predicted octanol–water partition coefficient (Wildman–Crippen LogP) is 2.37. The highest BCUT2D eigenvalue weighted by atomic mass is 16.5. The molecule has 0 atom stereocenters. The molecule has 0 amide bonds. The van der Waals surface area contributed by atoms with Crippen LogP contribution in [0.25, 0.3) is 10.9 Å². The van der Waals surface area contributed by atoms with Crippen molar-refractivity contribution in [1.82, 2.24) is 4.57 Å². The Morgan fingerprint density at radius 1 is 1.41 bits per heavy atom. The summed E-state index contributed by atoms with van der Waals surface area (Å²) in [6, 6.07) is 8.09. The minimum Gasteiger partial charge on any atom is -0.494 e. The van der Waals surface area contributed by atoms with E-state index in [-0.39, 0.29) is 5.84 Å². The van der Waals surface area contributed by atoms with E-state index in [2.05, 4.69) is 10.6 Å². The third-order valence-corrected chi connectivity index (χ3v) is 2.68. The Morgan fingerprint density at radius 2 is 2.24 bits per heavy atom. The molecule has 1 aromatic heterocycles. The molecule has 2 rings (SSSR count). The lowest BCUT2D eigenvalue weighted by Crippen LogP contribution is -2.12. The van der Waals surface area contributed by atoms with Crippen molar-refractivity contribution < 1.29 is 4.74 Å². The van der Waals surface area contributed by atoms with Crippen LogP contribution < -0.4 is 10.5 Å². The van der Waals surface area contributed by atoms with Gasteiger partial charge < -0.3 is 15.0 Å². The summed E-state index contributed by atoms with van der Waals surface area (Å²) in [7, 11) is 0. The number of amidine groups is 1. The summed E-state index contributed by atoms with van der Waals surface area (Å²) < 4.78 is 7.56. The molecule has 90 valence electrons. The second-order valence-corrected chi connectivity index (χ2v) is 3.94. The number of ether oxygens (including phenoxy) is 1. The molecule has 1 aromatic carbocycles. The van der Waals surface area contributed by atoms with Gasteiger partial charge >= 0.3 is 0 Å². The third kappa shape index (κ3) is 2.58. The monoisotopic (exact) mass is 231 g/mol. The van der Waals surface area contributed by atoms with Gasteiger partial charge in [0.15, 0.2) is 0 Å². The zero-order valence-electron chi connectivity index (χ0n) is 9.94. The highest BCUT2D eigenvalue weighted by Crippen LogP contribution is 2.22. The van der Waals surface area contributed by atoms with Gasteiger partial charge in [-0.1, -0.05) is 0 Å². The molecule has 0 fully saturated rings. The molecular formula is C13H17N3O. The molecule has 0 aliphatic carbocycles. The Bertz CT molecular complexity index is 530. The minimum atomic E-state index is 0.220. The summed E-state index contributed by atoms with van der Waals surface area (Å²) in [5.74, 6) is 1.11. The maximum absolute atomic E-state index is 7.24. The molecule has 0 aliphatic rings. The molecule has 0 radical (unpaired) electrons. The van der Waals surface area contributed by atoms with Crippen molar-refractivity contribution in [3.63, 3.8) is 0 Å². The molecule has 0 saturated carbocycles. The first-order valence-corrected chi connectivity index (χ1v) is 5.75. The molecular weight excluding hydrogens is 214 g/mol. The van der Waals surface area contributed by atoms with E-state index in [0.717, 1.165) is 23.2 Å². The number of hydrogen-bond donors (Lipinski definition) is 2. The number of fused-ring (bicyclic) bond motifs is 1. The van der Waals surface area contributed by atoms with E-state index in [1.165, 1.54) is 0 Å².